The standard InChI is InChI=1S/C21H25N3O3S/c1-15-11-17-12-19(28(22,26)27)9-10-20(17)24(15)21(25)14-23(18-7-8-18)13-16-5-3-2-4-6-16/h2-6,9-10,12,15,18H,7-8,11,13-14H2,1H3,(H2,22,26,27). The summed E-state index contributed by atoms with van der Waals surface area (Å²) in [6.07, 6.45) is 2.89. The molecule has 1 heterocycles. The minimum Gasteiger partial charge on any atom is -0.308 e. The average molecular weight is 400 g/mol. The minimum absolute atomic E-state index is 0.00370. The molecule has 7 heteroatoms. The maximum absolute atomic E-state index is 13.2. The van der Waals surface area contributed by atoms with Crippen LogP contribution in [0.2, 0.25) is 0 Å². The zero-order valence-electron chi connectivity index (χ0n) is 15.9. The van der Waals surface area contributed by atoms with Gasteiger partial charge in [-0.15, -0.1) is 0 Å². The summed E-state index contributed by atoms with van der Waals surface area (Å²) in [4.78, 5) is 17.3. The number of primary sulfonamides is 1. The van der Waals surface area contributed by atoms with Gasteiger partial charge in [0.2, 0.25) is 15.9 Å². The Morgan fingerprint density at radius 3 is 2.54 bits per heavy atom. The van der Waals surface area contributed by atoms with Crippen LogP contribution in [0.1, 0.15) is 30.9 Å². The number of nitrogens with two attached hydrogens (primary N) is 1. The Bertz CT molecular complexity index is 987. The highest BCUT2D eigenvalue weighted by molar-refractivity contribution is 7.89. The van der Waals surface area contributed by atoms with E-state index in [2.05, 4.69) is 17.0 Å². The van der Waals surface area contributed by atoms with Crippen molar-refractivity contribution >= 4 is 21.6 Å². The Labute approximate surface area is 166 Å². The third-order valence-electron chi connectivity index (χ3n) is 5.49. The molecule has 0 radical (unpaired) electrons. The molecule has 1 atom stereocenters. The molecule has 2 aromatic carbocycles. The third-order valence-corrected chi connectivity index (χ3v) is 6.40. The normalized spacial score (nSPS) is 19.1. The molecule has 0 aromatic heterocycles. The molecule has 1 saturated carbocycles. The van der Waals surface area contributed by atoms with Gasteiger partial charge in [-0.25, -0.2) is 13.6 Å². The number of nitrogens with zero attached hydrogens (tertiary/aromatic N) is 2. The van der Waals surface area contributed by atoms with Crippen LogP contribution in [-0.4, -0.2) is 37.9 Å². The smallest absolute Gasteiger partial charge is 0.241 e. The zero-order valence-corrected chi connectivity index (χ0v) is 16.7. The molecular formula is C21H25N3O3S. The van der Waals surface area contributed by atoms with Crippen LogP contribution in [0.25, 0.3) is 0 Å². The summed E-state index contributed by atoms with van der Waals surface area (Å²) < 4.78 is 23.2. The van der Waals surface area contributed by atoms with Gasteiger partial charge in [-0.3, -0.25) is 9.69 Å². The highest BCUT2D eigenvalue weighted by Gasteiger charge is 2.35. The monoisotopic (exact) mass is 399 g/mol. The Kier molecular flexibility index (Phi) is 4.99. The van der Waals surface area contributed by atoms with E-state index in [-0.39, 0.29) is 16.8 Å². The topological polar surface area (TPSA) is 83.7 Å². The first-order valence-corrected chi connectivity index (χ1v) is 11.1. The van der Waals surface area contributed by atoms with Gasteiger partial charge in [0.1, 0.15) is 0 Å². The molecule has 6 nitrogen and oxygen atoms in total. The minimum atomic E-state index is -3.75. The second-order valence-corrected chi connectivity index (χ2v) is 9.34. The number of amides is 1. The predicted octanol–water partition coefficient (Wildman–Crippen LogP) is 2.28. The molecule has 2 N–H and O–H groups in total. The van der Waals surface area contributed by atoms with Crippen molar-refractivity contribution in [2.24, 2.45) is 5.14 Å². The first kappa shape index (κ1) is 19.1. The van der Waals surface area contributed by atoms with E-state index in [0.29, 0.717) is 19.0 Å². The van der Waals surface area contributed by atoms with Crippen LogP contribution < -0.4 is 10.0 Å². The van der Waals surface area contributed by atoms with Crippen LogP contribution in [0.4, 0.5) is 5.69 Å². The maximum Gasteiger partial charge on any atom is 0.241 e. The van der Waals surface area contributed by atoms with Crippen molar-refractivity contribution < 1.29 is 13.2 Å². The van der Waals surface area contributed by atoms with Crippen molar-refractivity contribution in [3.8, 4) is 0 Å². The lowest BCUT2D eigenvalue weighted by atomic mass is 10.1. The summed E-state index contributed by atoms with van der Waals surface area (Å²) >= 11 is 0. The van der Waals surface area contributed by atoms with Gasteiger partial charge in [0, 0.05) is 24.3 Å². The number of hydrogen-bond acceptors (Lipinski definition) is 4. The first-order chi connectivity index (χ1) is 13.3. The zero-order chi connectivity index (χ0) is 19.9. The number of benzene rings is 2. The molecule has 1 aliphatic carbocycles. The van der Waals surface area contributed by atoms with Crippen molar-refractivity contribution in [3.05, 3.63) is 59.7 Å². The molecule has 0 bridgehead atoms. The van der Waals surface area contributed by atoms with Crippen molar-refractivity contribution in [1.82, 2.24) is 4.90 Å². The van der Waals surface area contributed by atoms with Crippen LogP contribution >= 0.6 is 0 Å². The summed E-state index contributed by atoms with van der Waals surface area (Å²) in [6.45, 7) is 3.12. The van der Waals surface area contributed by atoms with Crippen molar-refractivity contribution in [2.75, 3.05) is 11.4 Å². The summed E-state index contributed by atoms with van der Waals surface area (Å²) in [5, 5.41) is 5.24. The molecule has 4 rings (SSSR count). The van der Waals surface area contributed by atoms with E-state index in [1.165, 1.54) is 11.6 Å². The molecule has 1 aliphatic heterocycles. The SMILES string of the molecule is CC1Cc2cc(S(N)(=O)=O)ccc2N1C(=O)CN(Cc1ccccc1)C1CC1. The van der Waals surface area contributed by atoms with Crippen molar-refractivity contribution in [3.63, 3.8) is 0 Å². The maximum atomic E-state index is 13.2. The molecule has 1 unspecified atom stereocenters. The number of rotatable bonds is 6. The lowest BCUT2D eigenvalue weighted by molar-refractivity contribution is -0.120. The Hall–Kier alpha value is -2.22. The second kappa shape index (κ2) is 7.31. The van der Waals surface area contributed by atoms with Gasteiger partial charge in [0.25, 0.3) is 0 Å². The van der Waals surface area contributed by atoms with Gasteiger partial charge in [-0.05, 0) is 55.5 Å². The lowest BCUT2D eigenvalue weighted by Gasteiger charge is -2.28. The third kappa shape index (κ3) is 3.97. The average Bonchev–Trinajstić information content (AvgIpc) is 3.43. The van der Waals surface area contributed by atoms with Gasteiger partial charge in [-0.1, -0.05) is 30.3 Å². The summed E-state index contributed by atoms with van der Waals surface area (Å²) in [6, 6.07) is 15.4. The Morgan fingerprint density at radius 2 is 1.89 bits per heavy atom. The summed E-state index contributed by atoms with van der Waals surface area (Å²) in [5.41, 5.74) is 2.85. The van der Waals surface area contributed by atoms with Gasteiger partial charge < -0.3 is 4.90 Å². The molecule has 28 heavy (non-hydrogen) atoms. The van der Waals surface area contributed by atoms with E-state index in [1.807, 2.05) is 30.0 Å². The fourth-order valence-electron chi connectivity index (χ4n) is 3.99. The van der Waals surface area contributed by atoms with Crippen LogP contribution in [0.5, 0.6) is 0 Å². The molecule has 148 valence electrons. The van der Waals surface area contributed by atoms with Crippen LogP contribution in [0.3, 0.4) is 0 Å². The highest BCUT2D eigenvalue weighted by Crippen LogP contribution is 2.35. The lowest BCUT2D eigenvalue weighted by Crippen LogP contribution is -2.43. The Balaban J connectivity index is 1.53. The van der Waals surface area contributed by atoms with Crippen LogP contribution in [-0.2, 0) is 27.8 Å². The van der Waals surface area contributed by atoms with E-state index in [9.17, 15) is 13.2 Å². The molecular weight excluding hydrogens is 374 g/mol. The van der Waals surface area contributed by atoms with E-state index in [4.69, 9.17) is 5.14 Å². The van der Waals surface area contributed by atoms with Crippen molar-refractivity contribution in [2.45, 2.75) is 49.7 Å². The largest absolute Gasteiger partial charge is 0.308 e. The van der Waals surface area contributed by atoms with Gasteiger partial charge in [-0.2, -0.15) is 0 Å². The second-order valence-electron chi connectivity index (χ2n) is 7.77. The van der Waals surface area contributed by atoms with Crippen LogP contribution in [0.15, 0.2) is 53.4 Å². The first-order valence-electron chi connectivity index (χ1n) is 9.58. The number of sulfonamides is 1. The van der Waals surface area contributed by atoms with E-state index in [0.717, 1.165) is 30.6 Å². The van der Waals surface area contributed by atoms with Crippen molar-refractivity contribution in [1.29, 1.82) is 0 Å². The molecule has 1 amide bonds. The molecule has 1 fully saturated rings. The number of fused-ring (bicyclic) bond motifs is 1. The van der Waals surface area contributed by atoms with Gasteiger partial charge in [0.15, 0.2) is 0 Å². The van der Waals surface area contributed by atoms with Crippen LogP contribution in [0, 0.1) is 0 Å². The quantitative estimate of drug-likeness (QED) is 0.808. The summed E-state index contributed by atoms with van der Waals surface area (Å²) in [7, 11) is -3.75. The highest BCUT2D eigenvalue weighted by atomic mass is 32.2. The molecule has 2 aromatic rings. The van der Waals surface area contributed by atoms with E-state index in [1.54, 1.807) is 12.1 Å². The van der Waals surface area contributed by atoms with Gasteiger partial charge >= 0.3 is 0 Å². The van der Waals surface area contributed by atoms with Gasteiger partial charge in [0.05, 0.1) is 11.4 Å². The number of hydrogen-bond donors (Lipinski definition) is 1. The molecule has 0 saturated heterocycles. The fourth-order valence-corrected chi connectivity index (χ4v) is 4.55. The predicted molar refractivity (Wildman–Crippen MR) is 108 cm³/mol. The summed E-state index contributed by atoms with van der Waals surface area (Å²) in [5.74, 6) is 0.0532. The number of carbonyl (C=O) groups is 1. The van der Waals surface area contributed by atoms with E-state index >= 15 is 0 Å². The number of anilines is 1. The number of carbonyl (C=O) groups excluding carboxylic acids is 1. The Morgan fingerprint density at radius 1 is 1.18 bits per heavy atom. The van der Waals surface area contributed by atoms with E-state index < -0.39 is 10.0 Å². The molecule has 2 aliphatic rings. The fraction of sp³-hybridized carbons (Fsp3) is 0.381. The molecule has 0 spiro atoms.